The standard InChI is InChI=1S/C23H18F3N3O4S/c1-12-4-5-14(23(24,25)26)6-13(12)11-32-18-7-15(30-2)8-19-16(18)9-20(33-19)17-10-29-21(27-17)34-22(28-29)31-3/h4-10H,11H2,1-3H3. The molecule has 0 amide bonds. The molecule has 3 heterocycles. The third kappa shape index (κ3) is 4.03. The second-order valence-electron chi connectivity index (χ2n) is 7.50. The van der Waals surface area contributed by atoms with E-state index in [-0.39, 0.29) is 6.61 Å². The maximum Gasteiger partial charge on any atom is 0.416 e. The predicted molar refractivity (Wildman–Crippen MR) is 120 cm³/mol. The quantitative estimate of drug-likeness (QED) is 0.286. The van der Waals surface area contributed by atoms with Crippen LogP contribution in [0.1, 0.15) is 16.7 Å². The van der Waals surface area contributed by atoms with E-state index in [1.165, 1.54) is 31.6 Å². The molecule has 0 aliphatic heterocycles. The van der Waals surface area contributed by atoms with Gasteiger partial charge in [0.2, 0.25) is 4.96 Å². The number of benzene rings is 2. The Kier molecular flexibility index (Phi) is 5.35. The van der Waals surface area contributed by atoms with Crippen LogP contribution in [0.25, 0.3) is 27.4 Å². The van der Waals surface area contributed by atoms with Crippen LogP contribution in [0.2, 0.25) is 0 Å². The van der Waals surface area contributed by atoms with Gasteiger partial charge in [-0.05, 0) is 47.6 Å². The van der Waals surface area contributed by atoms with Crippen molar-refractivity contribution in [2.24, 2.45) is 0 Å². The van der Waals surface area contributed by atoms with Gasteiger partial charge in [-0.3, -0.25) is 0 Å². The summed E-state index contributed by atoms with van der Waals surface area (Å²) in [5, 5.41) is 5.39. The molecule has 0 fully saturated rings. The van der Waals surface area contributed by atoms with Gasteiger partial charge in [0.25, 0.3) is 5.19 Å². The van der Waals surface area contributed by atoms with Crippen molar-refractivity contribution >= 4 is 27.3 Å². The van der Waals surface area contributed by atoms with Crippen LogP contribution in [0.5, 0.6) is 16.7 Å². The second kappa shape index (κ2) is 8.24. The minimum atomic E-state index is -4.43. The van der Waals surface area contributed by atoms with Crippen molar-refractivity contribution in [2.45, 2.75) is 19.7 Å². The molecule has 0 unspecified atom stereocenters. The minimum absolute atomic E-state index is 0.0531. The van der Waals surface area contributed by atoms with E-state index >= 15 is 0 Å². The van der Waals surface area contributed by atoms with Crippen LogP contribution >= 0.6 is 11.3 Å². The molecule has 0 saturated carbocycles. The molecule has 0 N–H and O–H groups in total. The van der Waals surface area contributed by atoms with Crippen molar-refractivity contribution in [2.75, 3.05) is 14.2 Å². The molecular weight excluding hydrogens is 471 g/mol. The van der Waals surface area contributed by atoms with Gasteiger partial charge in [-0.25, -0.2) is 9.50 Å². The fraction of sp³-hybridized carbons (Fsp3) is 0.217. The maximum absolute atomic E-state index is 13.1. The number of imidazole rings is 1. The summed E-state index contributed by atoms with van der Waals surface area (Å²) in [5.74, 6) is 1.39. The van der Waals surface area contributed by atoms with Crippen LogP contribution in [-0.4, -0.2) is 28.8 Å². The van der Waals surface area contributed by atoms with Gasteiger partial charge in [0.15, 0.2) is 5.76 Å². The molecule has 0 aliphatic carbocycles. The van der Waals surface area contributed by atoms with E-state index in [1.807, 2.05) is 0 Å². The molecular formula is C23H18F3N3O4S. The van der Waals surface area contributed by atoms with E-state index in [1.54, 1.807) is 35.8 Å². The Morgan fingerprint density at radius 3 is 2.62 bits per heavy atom. The smallest absolute Gasteiger partial charge is 0.416 e. The zero-order valence-corrected chi connectivity index (χ0v) is 19.1. The SMILES string of the molecule is COc1cc(OCc2cc(C(F)(F)F)ccc2C)c2cc(-c3cn4nc(OC)sc4n3)oc2c1. The number of fused-ring (bicyclic) bond motifs is 2. The molecule has 5 aromatic rings. The van der Waals surface area contributed by atoms with Gasteiger partial charge >= 0.3 is 6.18 Å². The lowest BCUT2D eigenvalue weighted by Gasteiger charge is -2.13. The van der Waals surface area contributed by atoms with E-state index in [4.69, 9.17) is 18.6 Å². The Hall–Kier alpha value is -3.73. The minimum Gasteiger partial charge on any atom is -0.496 e. The Morgan fingerprint density at radius 2 is 1.91 bits per heavy atom. The summed E-state index contributed by atoms with van der Waals surface area (Å²) in [6, 6.07) is 8.75. The Bertz CT molecular complexity index is 1470. The fourth-order valence-electron chi connectivity index (χ4n) is 3.49. The number of nitrogens with zero attached hydrogens (tertiary/aromatic N) is 3. The summed E-state index contributed by atoms with van der Waals surface area (Å²) in [5.41, 5.74) is 1.47. The first kappa shape index (κ1) is 22.1. The molecule has 176 valence electrons. The number of methoxy groups -OCH3 is 2. The first-order valence-electron chi connectivity index (χ1n) is 10.1. The van der Waals surface area contributed by atoms with Gasteiger partial charge in [0, 0.05) is 12.1 Å². The normalized spacial score (nSPS) is 11.9. The molecule has 0 bridgehead atoms. The number of aryl methyl sites for hydroxylation is 1. The molecule has 0 atom stereocenters. The van der Waals surface area contributed by atoms with E-state index in [0.29, 0.717) is 55.2 Å². The highest BCUT2D eigenvalue weighted by atomic mass is 32.1. The van der Waals surface area contributed by atoms with E-state index in [2.05, 4.69) is 10.1 Å². The largest absolute Gasteiger partial charge is 0.496 e. The molecule has 5 rings (SSSR count). The first-order chi connectivity index (χ1) is 16.2. The molecule has 0 radical (unpaired) electrons. The second-order valence-corrected chi connectivity index (χ2v) is 8.42. The van der Waals surface area contributed by atoms with Crippen molar-refractivity contribution < 1.29 is 31.8 Å². The van der Waals surface area contributed by atoms with E-state index in [9.17, 15) is 13.2 Å². The average Bonchev–Trinajstić information content (AvgIpc) is 3.49. The van der Waals surface area contributed by atoms with E-state index in [0.717, 1.165) is 12.1 Å². The number of hydrogen-bond donors (Lipinski definition) is 0. The summed E-state index contributed by atoms with van der Waals surface area (Å²) < 4.78 is 63.4. The van der Waals surface area contributed by atoms with Crippen molar-refractivity contribution in [1.29, 1.82) is 0 Å². The monoisotopic (exact) mass is 489 g/mol. The molecule has 2 aromatic carbocycles. The van der Waals surface area contributed by atoms with Crippen LogP contribution in [0.4, 0.5) is 13.2 Å². The van der Waals surface area contributed by atoms with Crippen molar-refractivity contribution in [3.05, 3.63) is 59.3 Å². The van der Waals surface area contributed by atoms with Gasteiger partial charge in [0.1, 0.15) is 29.4 Å². The molecule has 0 saturated heterocycles. The van der Waals surface area contributed by atoms with Crippen LogP contribution in [0.15, 0.2) is 47.0 Å². The highest BCUT2D eigenvalue weighted by Gasteiger charge is 2.30. The van der Waals surface area contributed by atoms with Gasteiger partial charge in [-0.1, -0.05) is 6.07 Å². The fourth-order valence-corrected chi connectivity index (χ4v) is 4.19. The van der Waals surface area contributed by atoms with Gasteiger partial charge in [0.05, 0.1) is 31.4 Å². The van der Waals surface area contributed by atoms with Gasteiger partial charge in [-0.2, -0.15) is 13.2 Å². The highest BCUT2D eigenvalue weighted by Crippen LogP contribution is 2.38. The van der Waals surface area contributed by atoms with Crippen LogP contribution in [0.3, 0.4) is 0 Å². The van der Waals surface area contributed by atoms with Crippen LogP contribution in [-0.2, 0) is 12.8 Å². The first-order valence-corrected chi connectivity index (χ1v) is 10.9. The van der Waals surface area contributed by atoms with Gasteiger partial charge < -0.3 is 18.6 Å². The maximum atomic E-state index is 13.1. The van der Waals surface area contributed by atoms with Crippen LogP contribution < -0.4 is 14.2 Å². The Morgan fingerprint density at radius 1 is 1.09 bits per heavy atom. The number of alkyl halides is 3. The summed E-state index contributed by atoms with van der Waals surface area (Å²) in [6.07, 6.45) is -2.71. The summed E-state index contributed by atoms with van der Waals surface area (Å²) in [7, 11) is 3.04. The molecule has 3 aromatic heterocycles. The number of ether oxygens (including phenoxy) is 3. The third-order valence-corrected chi connectivity index (χ3v) is 6.20. The predicted octanol–water partition coefficient (Wildman–Crippen LogP) is 6.13. The average molecular weight is 489 g/mol. The third-order valence-electron chi connectivity index (χ3n) is 5.32. The van der Waals surface area contributed by atoms with Crippen LogP contribution in [0, 0.1) is 6.92 Å². The zero-order valence-electron chi connectivity index (χ0n) is 18.3. The molecule has 34 heavy (non-hydrogen) atoms. The van der Waals surface area contributed by atoms with Crippen molar-refractivity contribution in [3.8, 4) is 28.1 Å². The number of furan rings is 1. The lowest BCUT2D eigenvalue weighted by molar-refractivity contribution is -0.137. The highest BCUT2D eigenvalue weighted by molar-refractivity contribution is 7.18. The Balaban J connectivity index is 1.49. The number of rotatable bonds is 6. The van der Waals surface area contributed by atoms with Crippen molar-refractivity contribution in [1.82, 2.24) is 14.6 Å². The zero-order chi connectivity index (χ0) is 24.0. The summed E-state index contributed by atoms with van der Waals surface area (Å²) in [6.45, 7) is 1.69. The molecule has 0 aliphatic rings. The van der Waals surface area contributed by atoms with Crippen molar-refractivity contribution in [3.63, 3.8) is 0 Å². The molecule has 0 spiro atoms. The molecule has 11 heteroatoms. The summed E-state index contributed by atoms with van der Waals surface area (Å²) in [4.78, 5) is 5.16. The molecule has 7 nitrogen and oxygen atoms in total. The Labute approximate surface area is 195 Å². The number of halogens is 3. The van der Waals surface area contributed by atoms with E-state index < -0.39 is 11.7 Å². The van der Waals surface area contributed by atoms with Gasteiger partial charge in [-0.15, -0.1) is 5.10 Å². The lowest BCUT2D eigenvalue weighted by Crippen LogP contribution is -2.07. The number of hydrogen-bond acceptors (Lipinski definition) is 7. The number of aromatic nitrogens is 3. The topological polar surface area (TPSA) is 71.0 Å². The lowest BCUT2D eigenvalue weighted by atomic mass is 10.1. The summed E-state index contributed by atoms with van der Waals surface area (Å²) >= 11 is 1.29.